The Bertz CT molecular complexity index is 299. The summed E-state index contributed by atoms with van der Waals surface area (Å²) >= 11 is 5.86. The van der Waals surface area contributed by atoms with Crippen molar-refractivity contribution in [2.75, 3.05) is 0 Å². The Morgan fingerprint density at radius 2 is 2.23 bits per heavy atom. The van der Waals surface area contributed by atoms with Gasteiger partial charge in [0.15, 0.2) is 0 Å². The van der Waals surface area contributed by atoms with E-state index in [2.05, 4.69) is 0 Å². The van der Waals surface area contributed by atoms with Crippen LogP contribution in [0.4, 0.5) is 4.39 Å². The SMILES string of the molecule is O=CCCc1ccc(CF)cc1Cl. The number of hydrogen-bond donors (Lipinski definition) is 0. The second-order valence-corrected chi connectivity index (χ2v) is 3.17. The minimum atomic E-state index is -0.506. The number of aryl methyl sites for hydroxylation is 1. The summed E-state index contributed by atoms with van der Waals surface area (Å²) in [6.45, 7) is -0.506. The molecule has 0 aliphatic heterocycles. The van der Waals surface area contributed by atoms with E-state index in [-0.39, 0.29) is 0 Å². The maximum Gasteiger partial charge on any atom is 0.120 e. The van der Waals surface area contributed by atoms with E-state index in [4.69, 9.17) is 11.6 Å². The number of alkyl halides is 1. The zero-order valence-corrected chi connectivity index (χ0v) is 7.85. The third-order valence-electron chi connectivity index (χ3n) is 1.80. The molecule has 0 spiro atoms. The van der Waals surface area contributed by atoms with Crippen LogP contribution in [0.25, 0.3) is 0 Å². The molecule has 70 valence electrons. The molecule has 1 nitrogen and oxygen atoms in total. The molecule has 0 N–H and O–H groups in total. The van der Waals surface area contributed by atoms with Crippen molar-refractivity contribution in [1.29, 1.82) is 0 Å². The van der Waals surface area contributed by atoms with Crippen LogP contribution in [0, 0.1) is 0 Å². The molecule has 0 atom stereocenters. The Hall–Kier alpha value is -0.890. The highest BCUT2D eigenvalue weighted by Crippen LogP contribution is 2.19. The maximum absolute atomic E-state index is 12.2. The zero-order valence-electron chi connectivity index (χ0n) is 7.09. The lowest BCUT2D eigenvalue weighted by Gasteiger charge is -2.02. The third kappa shape index (κ3) is 2.81. The molecule has 1 rings (SSSR count). The van der Waals surface area contributed by atoms with E-state index in [1.807, 2.05) is 0 Å². The molecular weight excluding hydrogens is 191 g/mol. The average molecular weight is 201 g/mol. The highest BCUT2D eigenvalue weighted by Gasteiger charge is 2.01. The first-order valence-corrected chi connectivity index (χ1v) is 4.42. The molecule has 0 saturated heterocycles. The van der Waals surface area contributed by atoms with Gasteiger partial charge in [-0.3, -0.25) is 0 Å². The molecular formula is C10H10ClFO. The summed E-state index contributed by atoms with van der Waals surface area (Å²) in [7, 11) is 0. The van der Waals surface area contributed by atoms with Crippen LogP contribution in [-0.4, -0.2) is 6.29 Å². The van der Waals surface area contributed by atoms with E-state index in [1.54, 1.807) is 18.2 Å². The molecule has 0 amide bonds. The number of rotatable bonds is 4. The van der Waals surface area contributed by atoms with Crippen LogP contribution in [0.3, 0.4) is 0 Å². The van der Waals surface area contributed by atoms with Crippen LogP contribution in [0.2, 0.25) is 5.02 Å². The van der Waals surface area contributed by atoms with Crippen molar-refractivity contribution in [2.45, 2.75) is 19.5 Å². The molecule has 1 aromatic carbocycles. The van der Waals surface area contributed by atoms with Gasteiger partial charge >= 0.3 is 0 Å². The fourth-order valence-electron chi connectivity index (χ4n) is 1.09. The van der Waals surface area contributed by atoms with Crippen molar-refractivity contribution in [1.82, 2.24) is 0 Å². The molecule has 0 aliphatic rings. The van der Waals surface area contributed by atoms with Gasteiger partial charge < -0.3 is 4.79 Å². The highest BCUT2D eigenvalue weighted by molar-refractivity contribution is 6.31. The van der Waals surface area contributed by atoms with Gasteiger partial charge in [-0.2, -0.15) is 0 Å². The van der Waals surface area contributed by atoms with Crippen LogP contribution in [0.5, 0.6) is 0 Å². The Labute approximate surface area is 81.5 Å². The molecule has 3 heteroatoms. The van der Waals surface area contributed by atoms with Gasteiger partial charge in [0.05, 0.1) is 0 Å². The molecule has 0 saturated carbocycles. The predicted molar refractivity (Wildman–Crippen MR) is 50.6 cm³/mol. The summed E-state index contributed by atoms with van der Waals surface area (Å²) in [5.74, 6) is 0. The van der Waals surface area contributed by atoms with Gasteiger partial charge in [-0.15, -0.1) is 0 Å². The number of hydrogen-bond acceptors (Lipinski definition) is 1. The van der Waals surface area contributed by atoms with Crippen molar-refractivity contribution >= 4 is 17.9 Å². The van der Waals surface area contributed by atoms with Gasteiger partial charge in [-0.05, 0) is 23.6 Å². The summed E-state index contributed by atoms with van der Waals surface area (Å²) in [6.07, 6.45) is 1.92. The lowest BCUT2D eigenvalue weighted by molar-refractivity contribution is -0.107. The normalized spacial score (nSPS) is 10.0. The largest absolute Gasteiger partial charge is 0.303 e. The minimum absolute atomic E-state index is 0.453. The summed E-state index contributed by atoms with van der Waals surface area (Å²) < 4.78 is 12.2. The van der Waals surface area contributed by atoms with Gasteiger partial charge in [0, 0.05) is 11.4 Å². The van der Waals surface area contributed by atoms with E-state index in [0.717, 1.165) is 11.8 Å². The summed E-state index contributed by atoms with van der Waals surface area (Å²) in [6, 6.07) is 5.05. The van der Waals surface area contributed by atoms with Crippen molar-refractivity contribution < 1.29 is 9.18 Å². The van der Waals surface area contributed by atoms with Gasteiger partial charge in [-0.25, -0.2) is 4.39 Å². The van der Waals surface area contributed by atoms with Crippen molar-refractivity contribution in [3.05, 3.63) is 34.3 Å². The van der Waals surface area contributed by atoms with Crippen LogP contribution < -0.4 is 0 Å². The van der Waals surface area contributed by atoms with Crippen LogP contribution in [0.1, 0.15) is 17.5 Å². The number of carbonyl (C=O) groups is 1. The Morgan fingerprint density at radius 1 is 1.46 bits per heavy atom. The Kier molecular flexibility index (Phi) is 3.90. The van der Waals surface area contributed by atoms with E-state index in [0.29, 0.717) is 23.4 Å². The molecule has 0 radical (unpaired) electrons. The molecule has 0 unspecified atom stereocenters. The quantitative estimate of drug-likeness (QED) is 0.683. The lowest BCUT2D eigenvalue weighted by atomic mass is 10.1. The standard InChI is InChI=1S/C10H10ClFO/c11-10-6-8(7-12)3-4-9(10)2-1-5-13/h3-6H,1-2,7H2. The number of carbonyl (C=O) groups excluding carboxylic acids is 1. The van der Waals surface area contributed by atoms with Gasteiger partial charge in [0.2, 0.25) is 0 Å². The van der Waals surface area contributed by atoms with Gasteiger partial charge in [0.25, 0.3) is 0 Å². The fraction of sp³-hybridized carbons (Fsp3) is 0.300. The summed E-state index contributed by atoms with van der Waals surface area (Å²) in [5, 5.41) is 0.539. The van der Waals surface area contributed by atoms with E-state index in [9.17, 15) is 9.18 Å². The molecule has 13 heavy (non-hydrogen) atoms. The van der Waals surface area contributed by atoms with Crippen molar-refractivity contribution in [3.8, 4) is 0 Å². The molecule has 1 aromatic rings. The van der Waals surface area contributed by atoms with Gasteiger partial charge in [0.1, 0.15) is 13.0 Å². The summed E-state index contributed by atoms with van der Waals surface area (Å²) in [4.78, 5) is 10.1. The average Bonchev–Trinajstić information content (AvgIpc) is 2.16. The monoisotopic (exact) mass is 200 g/mol. The third-order valence-corrected chi connectivity index (χ3v) is 2.16. The molecule has 0 aliphatic carbocycles. The maximum atomic E-state index is 12.2. The van der Waals surface area contributed by atoms with Crippen LogP contribution >= 0.6 is 11.6 Å². The Morgan fingerprint density at radius 3 is 2.77 bits per heavy atom. The number of halogens is 2. The second-order valence-electron chi connectivity index (χ2n) is 2.76. The first kappa shape index (κ1) is 10.2. The summed E-state index contributed by atoms with van der Waals surface area (Å²) in [5.41, 5.74) is 1.46. The zero-order chi connectivity index (χ0) is 9.68. The van der Waals surface area contributed by atoms with E-state index >= 15 is 0 Å². The van der Waals surface area contributed by atoms with E-state index < -0.39 is 6.67 Å². The van der Waals surface area contributed by atoms with Crippen LogP contribution in [-0.2, 0) is 17.9 Å². The smallest absolute Gasteiger partial charge is 0.120 e. The predicted octanol–water partition coefficient (Wildman–Crippen LogP) is 2.94. The van der Waals surface area contributed by atoms with E-state index in [1.165, 1.54) is 0 Å². The number of benzene rings is 1. The van der Waals surface area contributed by atoms with Crippen molar-refractivity contribution in [2.24, 2.45) is 0 Å². The van der Waals surface area contributed by atoms with Crippen LogP contribution in [0.15, 0.2) is 18.2 Å². The first-order chi connectivity index (χ1) is 6.27. The first-order valence-electron chi connectivity index (χ1n) is 4.05. The highest BCUT2D eigenvalue weighted by atomic mass is 35.5. The molecule has 0 fully saturated rings. The fourth-order valence-corrected chi connectivity index (χ4v) is 1.39. The second kappa shape index (κ2) is 4.97. The topological polar surface area (TPSA) is 17.1 Å². The minimum Gasteiger partial charge on any atom is -0.303 e. The molecule has 0 bridgehead atoms. The van der Waals surface area contributed by atoms with Crippen molar-refractivity contribution in [3.63, 3.8) is 0 Å². The molecule has 0 heterocycles. The van der Waals surface area contributed by atoms with Gasteiger partial charge in [-0.1, -0.05) is 23.7 Å². The lowest BCUT2D eigenvalue weighted by Crippen LogP contribution is -1.89. The molecule has 0 aromatic heterocycles. The number of aldehydes is 1. The Balaban J connectivity index is 2.78.